The smallest absolute Gasteiger partial charge is 0.0437 e. The third-order valence-corrected chi connectivity index (χ3v) is 6.71. The van der Waals surface area contributed by atoms with E-state index in [0.717, 1.165) is 49.4 Å². The molecule has 0 amide bonds. The number of benzene rings is 1. The van der Waals surface area contributed by atoms with Crippen molar-refractivity contribution in [3.8, 4) is 0 Å². The molecule has 0 saturated heterocycles. The predicted molar refractivity (Wildman–Crippen MR) is 149 cm³/mol. The molecule has 1 N–H and O–H groups in total. The van der Waals surface area contributed by atoms with Gasteiger partial charge in [0.1, 0.15) is 0 Å². The summed E-state index contributed by atoms with van der Waals surface area (Å²) in [5.41, 5.74) is 8.59. The number of nitrogens with zero attached hydrogens (tertiary/aromatic N) is 1. The fraction of sp³-hybridized carbons (Fsp3) is 0.419. The third-order valence-electron chi connectivity index (χ3n) is 6.71. The van der Waals surface area contributed by atoms with Gasteiger partial charge in [0.15, 0.2) is 0 Å². The van der Waals surface area contributed by atoms with Gasteiger partial charge >= 0.3 is 0 Å². The molecule has 2 rings (SSSR count). The maximum Gasteiger partial charge on any atom is 0.0437 e. The van der Waals surface area contributed by atoms with Crippen LogP contribution in [0.2, 0.25) is 0 Å². The van der Waals surface area contributed by atoms with E-state index in [2.05, 4.69) is 94.3 Å². The summed E-state index contributed by atoms with van der Waals surface area (Å²) in [6, 6.07) is 6.89. The quantitative estimate of drug-likeness (QED) is 0.229. The molecule has 1 saturated carbocycles. The van der Waals surface area contributed by atoms with Crippen molar-refractivity contribution in [1.82, 2.24) is 5.32 Å². The number of hydrogen-bond acceptors (Lipinski definition) is 2. The van der Waals surface area contributed by atoms with E-state index >= 15 is 0 Å². The molecule has 1 fully saturated rings. The Morgan fingerprint density at radius 3 is 2.55 bits per heavy atom. The van der Waals surface area contributed by atoms with E-state index in [0.29, 0.717) is 0 Å². The molecule has 0 aliphatic heterocycles. The first-order chi connectivity index (χ1) is 16.0. The topological polar surface area (TPSA) is 15.3 Å². The molecule has 178 valence electrons. The van der Waals surface area contributed by atoms with Gasteiger partial charge in [0.25, 0.3) is 0 Å². The van der Waals surface area contributed by atoms with Crippen molar-refractivity contribution in [2.45, 2.75) is 65.2 Å². The van der Waals surface area contributed by atoms with E-state index in [1.807, 2.05) is 12.2 Å². The van der Waals surface area contributed by atoms with Gasteiger partial charge in [0, 0.05) is 37.6 Å². The first kappa shape index (κ1) is 26.5. The van der Waals surface area contributed by atoms with E-state index in [-0.39, 0.29) is 0 Å². The molecule has 0 bridgehead atoms. The monoisotopic (exact) mass is 444 g/mol. The lowest BCUT2D eigenvalue weighted by molar-refractivity contribution is 0.420. The molecule has 1 aliphatic carbocycles. The Hall–Kier alpha value is -2.74. The highest BCUT2D eigenvalue weighted by Gasteiger charge is 2.20. The van der Waals surface area contributed by atoms with Crippen LogP contribution in [-0.2, 0) is 0 Å². The molecule has 1 aromatic rings. The molecule has 33 heavy (non-hydrogen) atoms. The molecule has 0 atom stereocenters. The summed E-state index contributed by atoms with van der Waals surface area (Å²) >= 11 is 0. The van der Waals surface area contributed by atoms with Crippen LogP contribution in [0.25, 0.3) is 6.08 Å². The van der Waals surface area contributed by atoms with Crippen LogP contribution in [0.15, 0.2) is 84.7 Å². The van der Waals surface area contributed by atoms with Crippen molar-refractivity contribution in [2.75, 3.05) is 25.0 Å². The van der Waals surface area contributed by atoms with E-state index in [1.165, 1.54) is 47.2 Å². The van der Waals surface area contributed by atoms with Crippen molar-refractivity contribution in [1.29, 1.82) is 0 Å². The van der Waals surface area contributed by atoms with E-state index in [9.17, 15) is 0 Å². The molecule has 0 heterocycles. The first-order valence-corrected chi connectivity index (χ1v) is 12.6. The predicted octanol–water partition coefficient (Wildman–Crippen LogP) is 8.33. The van der Waals surface area contributed by atoms with Crippen molar-refractivity contribution in [2.24, 2.45) is 0 Å². The zero-order valence-corrected chi connectivity index (χ0v) is 21.4. The van der Waals surface area contributed by atoms with Crippen LogP contribution >= 0.6 is 0 Å². The largest absolute Gasteiger partial charge is 0.389 e. The lowest BCUT2D eigenvalue weighted by Crippen LogP contribution is -2.27. The summed E-state index contributed by atoms with van der Waals surface area (Å²) in [6.45, 7) is 20.6. The van der Waals surface area contributed by atoms with Gasteiger partial charge in [-0.1, -0.05) is 82.4 Å². The number of likely N-dealkylation sites (N-methyl/N-ethyl adjacent to an activating group) is 1. The molecule has 2 heteroatoms. The summed E-state index contributed by atoms with van der Waals surface area (Å²) in [5, 5.41) is 3.53. The maximum absolute atomic E-state index is 4.24. The van der Waals surface area contributed by atoms with E-state index < -0.39 is 0 Å². The van der Waals surface area contributed by atoms with Crippen molar-refractivity contribution >= 4 is 11.8 Å². The zero-order chi connectivity index (χ0) is 24.2. The molecule has 1 aromatic carbocycles. The van der Waals surface area contributed by atoms with E-state index in [1.54, 1.807) is 0 Å². The molecule has 2 nitrogen and oxygen atoms in total. The number of anilines is 1. The third kappa shape index (κ3) is 7.39. The molecule has 1 aliphatic rings. The molecule has 0 radical (unpaired) electrons. The normalized spacial score (nSPS) is 15.1. The number of allylic oxidation sites excluding steroid dienone is 7. The second-order valence-electron chi connectivity index (χ2n) is 9.05. The van der Waals surface area contributed by atoms with Gasteiger partial charge < -0.3 is 10.2 Å². The van der Waals surface area contributed by atoms with Crippen molar-refractivity contribution < 1.29 is 0 Å². The summed E-state index contributed by atoms with van der Waals surface area (Å²) in [7, 11) is 2.15. The highest BCUT2D eigenvalue weighted by atomic mass is 15.1. The summed E-state index contributed by atoms with van der Waals surface area (Å²) < 4.78 is 0. The minimum absolute atomic E-state index is 0.742. The van der Waals surface area contributed by atoms with Gasteiger partial charge in [-0.05, 0) is 72.9 Å². The van der Waals surface area contributed by atoms with Crippen LogP contribution in [0.1, 0.15) is 76.3 Å². The molecular formula is C31H44N2. The van der Waals surface area contributed by atoms with Crippen LogP contribution in [0, 0.1) is 0 Å². The highest BCUT2D eigenvalue weighted by molar-refractivity contribution is 5.68. The van der Waals surface area contributed by atoms with Gasteiger partial charge in [-0.15, -0.1) is 0 Å². The van der Waals surface area contributed by atoms with Crippen LogP contribution in [0.4, 0.5) is 5.69 Å². The average molecular weight is 445 g/mol. The van der Waals surface area contributed by atoms with Crippen LogP contribution < -0.4 is 10.2 Å². The molecular weight excluding hydrogens is 400 g/mol. The Kier molecular flexibility index (Phi) is 11.0. The standard InChI is InChI=1S/C31H44N2/c1-8-12-13-17-29(24(5)9-2)30(25(6)10-3)23-32-20-21-33(7)31-19-18-28(22-26(31)11-4)27-15-14-16-27/h10-11,13,17-19,22-23,27,32H,3-4,6,8-9,12,14-16,20-21H2,1-2,5,7H3/b17-13-,29-24-,30-23-. The van der Waals surface area contributed by atoms with Gasteiger partial charge in [-0.3, -0.25) is 0 Å². The molecule has 0 spiro atoms. The van der Waals surface area contributed by atoms with Crippen molar-refractivity contribution in [3.05, 3.63) is 95.8 Å². The Bertz CT molecular complexity index is 909. The van der Waals surface area contributed by atoms with E-state index in [4.69, 9.17) is 0 Å². The Balaban J connectivity index is 2.10. The lowest BCUT2D eigenvalue weighted by Gasteiger charge is -2.28. The minimum atomic E-state index is 0.742. The Morgan fingerprint density at radius 1 is 1.21 bits per heavy atom. The molecule has 0 aromatic heterocycles. The molecule has 0 unspecified atom stereocenters. The average Bonchev–Trinajstić information content (AvgIpc) is 2.80. The Morgan fingerprint density at radius 2 is 1.97 bits per heavy atom. The zero-order valence-electron chi connectivity index (χ0n) is 21.4. The Labute approximate surface area is 203 Å². The van der Waals surface area contributed by atoms with Gasteiger partial charge in [-0.2, -0.15) is 0 Å². The maximum atomic E-state index is 4.24. The van der Waals surface area contributed by atoms with Crippen LogP contribution in [0.5, 0.6) is 0 Å². The van der Waals surface area contributed by atoms with Crippen molar-refractivity contribution in [3.63, 3.8) is 0 Å². The minimum Gasteiger partial charge on any atom is -0.389 e. The first-order valence-electron chi connectivity index (χ1n) is 12.6. The van der Waals surface area contributed by atoms with Crippen LogP contribution in [-0.4, -0.2) is 20.1 Å². The highest BCUT2D eigenvalue weighted by Crippen LogP contribution is 2.38. The number of rotatable bonds is 14. The van der Waals surface area contributed by atoms with Gasteiger partial charge in [0.05, 0.1) is 0 Å². The second kappa shape index (κ2) is 13.7. The van der Waals surface area contributed by atoms with Crippen LogP contribution in [0.3, 0.4) is 0 Å². The number of hydrogen-bond donors (Lipinski definition) is 1. The van der Waals surface area contributed by atoms with Gasteiger partial charge in [0.2, 0.25) is 0 Å². The van der Waals surface area contributed by atoms with Gasteiger partial charge in [-0.25, -0.2) is 0 Å². The number of unbranched alkanes of at least 4 members (excludes halogenated alkanes) is 1. The summed E-state index contributed by atoms with van der Waals surface area (Å²) in [4.78, 5) is 2.31. The summed E-state index contributed by atoms with van der Waals surface area (Å²) in [6.07, 6.45) is 17.7. The summed E-state index contributed by atoms with van der Waals surface area (Å²) in [5.74, 6) is 0.742. The SMILES string of the molecule is C=CC(=C)C(=C/NCCN(C)c1ccc(C2CCC2)cc1C=C)/C(/C=C\CCC)=C(/C)CC. The number of nitrogens with one attached hydrogen (secondary N) is 1. The fourth-order valence-corrected chi connectivity index (χ4v) is 4.08. The lowest BCUT2D eigenvalue weighted by atomic mass is 9.79. The fourth-order valence-electron chi connectivity index (χ4n) is 4.08. The second-order valence-corrected chi connectivity index (χ2v) is 9.05.